The summed E-state index contributed by atoms with van der Waals surface area (Å²) in [6, 6.07) is 0.304. The molecule has 0 aromatic heterocycles. The van der Waals surface area contributed by atoms with Crippen LogP contribution in [0.3, 0.4) is 0 Å². The average molecular weight is 291 g/mol. The van der Waals surface area contributed by atoms with Gasteiger partial charge in [0.25, 0.3) is 0 Å². The summed E-state index contributed by atoms with van der Waals surface area (Å²) >= 11 is 0. The number of fused-ring (bicyclic) bond motifs is 1. The molecule has 1 aliphatic carbocycles. The summed E-state index contributed by atoms with van der Waals surface area (Å²) in [5, 5.41) is 0. The first-order valence-electron chi connectivity index (χ1n) is 7.33. The van der Waals surface area contributed by atoms with Gasteiger partial charge in [0.2, 0.25) is 5.91 Å². The van der Waals surface area contributed by atoms with Gasteiger partial charge in [-0.2, -0.15) is 0 Å². The van der Waals surface area contributed by atoms with Gasteiger partial charge in [0, 0.05) is 25.7 Å². The Labute approximate surface area is 122 Å². The molecule has 3 atom stereocenters. The Balaban J connectivity index is 0.00000180. The van der Waals surface area contributed by atoms with Crippen LogP contribution in [0.2, 0.25) is 0 Å². The van der Waals surface area contributed by atoms with Crippen LogP contribution >= 0.6 is 12.4 Å². The Morgan fingerprint density at radius 1 is 1.32 bits per heavy atom. The maximum atomic E-state index is 12.0. The number of carbonyl (C=O) groups is 1. The maximum Gasteiger partial charge on any atom is 0.248 e. The van der Waals surface area contributed by atoms with Crippen molar-refractivity contribution in [3.8, 4) is 0 Å². The standard InChI is InChI=1S/C14H26N2O2.ClH/c1-2-3-4-7-18-10-14(17)16-8-11-5-6-13(15)12(11)9-16;/h11-13H,2-10,15H2,1H3;1H. The number of likely N-dealkylation sites (tertiary alicyclic amines) is 1. The summed E-state index contributed by atoms with van der Waals surface area (Å²) in [4.78, 5) is 13.9. The number of halogens is 1. The number of carbonyl (C=O) groups excluding carboxylic acids is 1. The molecule has 3 unspecified atom stereocenters. The lowest BCUT2D eigenvalue weighted by Crippen LogP contribution is -2.35. The normalized spacial score (nSPS) is 29.2. The summed E-state index contributed by atoms with van der Waals surface area (Å²) in [6.45, 7) is 4.87. The van der Waals surface area contributed by atoms with Crippen LogP contribution in [0.15, 0.2) is 0 Å². The second-order valence-corrected chi connectivity index (χ2v) is 5.72. The van der Waals surface area contributed by atoms with Crippen molar-refractivity contribution in [2.24, 2.45) is 17.6 Å². The van der Waals surface area contributed by atoms with Crippen LogP contribution in [-0.2, 0) is 9.53 Å². The minimum absolute atomic E-state index is 0. The number of hydrogen-bond donors (Lipinski definition) is 1. The topological polar surface area (TPSA) is 55.6 Å². The Morgan fingerprint density at radius 2 is 2.11 bits per heavy atom. The number of nitrogens with zero attached hydrogens (tertiary/aromatic N) is 1. The van der Waals surface area contributed by atoms with E-state index in [0.717, 1.165) is 25.9 Å². The summed E-state index contributed by atoms with van der Waals surface area (Å²) in [5.41, 5.74) is 6.07. The van der Waals surface area contributed by atoms with E-state index < -0.39 is 0 Å². The lowest BCUT2D eigenvalue weighted by atomic mass is 9.98. The van der Waals surface area contributed by atoms with Gasteiger partial charge in [0.1, 0.15) is 6.61 Å². The molecule has 0 radical (unpaired) electrons. The molecule has 1 heterocycles. The number of rotatable bonds is 6. The third-order valence-corrected chi connectivity index (χ3v) is 4.38. The minimum atomic E-state index is 0. The summed E-state index contributed by atoms with van der Waals surface area (Å²) in [5.74, 6) is 1.33. The fraction of sp³-hybridized carbons (Fsp3) is 0.929. The Kier molecular flexibility index (Phi) is 7.11. The molecular weight excluding hydrogens is 264 g/mol. The Bertz CT molecular complexity index is 289. The number of ether oxygens (including phenoxy) is 1. The molecule has 1 amide bonds. The molecule has 0 aromatic rings. The Hall–Kier alpha value is -0.320. The molecule has 2 N–H and O–H groups in total. The minimum Gasteiger partial charge on any atom is -0.372 e. The van der Waals surface area contributed by atoms with Crippen LogP contribution in [0.1, 0.15) is 39.0 Å². The number of amides is 1. The first-order valence-corrected chi connectivity index (χ1v) is 7.33. The summed E-state index contributed by atoms with van der Waals surface area (Å²) < 4.78 is 5.44. The van der Waals surface area contributed by atoms with E-state index in [4.69, 9.17) is 10.5 Å². The molecule has 2 aliphatic rings. The molecule has 19 heavy (non-hydrogen) atoms. The quantitative estimate of drug-likeness (QED) is 0.759. The first kappa shape index (κ1) is 16.7. The van der Waals surface area contributed by atoms with Crippen LogP contribution in [0.5, 0.6) is 0 Å². The highest BCUT2D eigenvalue weighted by atomic mass is 35.5. The Morgan fingerprint density at radius 3 is 2.79 bits per heavy atom. The van der Waals surface area contributed by atoms with Crippen LogP contribution in [0.4, 0.5) is 0 Å². The van der Waals surface area contributed by atoms with E-state index in [1.54, 1.807) is 0 Å². The summed E-state index contributed by atoms with van der Waals surface area (Å²) in [6.07, 6.45) is 5.74. The van der Waals surface area contributed by atoms with Gasteiger partial charge in [-0.15, -0.1) is 12.4 Å². The van der Waals surface area contributed by atoms with Gasteiger partial charge in [0.05, 0.1) is 0 Å². The van der Waals surface area contributed by atoms with Gasteiger partial charge in [-0.05, 0) is 31.1 Å². The smallest absolute Gasteiger partial charge is 0.248 e. The van der Waals surface area contributed by atoms with Crippen molar-refractivity contribution >= 4 is 18.3 Å². The lowest BCUT2D eigenvalue weighted by Gasteiger charge is -2.18. The summed E-state index contributed by atoms with van der Waals surface area (Å²) in [7, 11) is 0. The molecule has 2 fully saturated rings. The lowest BCUT2D eigenvalue weighted by molar-refractivity contribution is -0.135. The molecule has 4 nitrogen and oxygen atoms in total. The molecule has 1 aliphatic heterocycles. The predicted octanol–water partition coefficient (Wildman–Crippen LogP) is 1.81. The second-order valence-electron chi connectivity index (χ2n) is 5.72. The zero-order valence-corrected chi connectivity index (χ0v) is 12.7. The maximum absolute atomic E-state index is 12.0. The first-order chi connectivity index (χ1) is 8.72. The van der Waals surface area contributed by atoms with E-state index in [0.29, 0.717) is 24.5 Å². The molecule has 1 saturated heterocycles. The van der Waals surface area contributed by atoms with E-state index >= 15 is 0 Å². The largest absolute Gasteiger partial charge is 0.372 e. The van der Waals surface area contributed by atoms with Gasteiger partial charge in [-0.3, -0.25) is 4.79 Å². The second kappa shape index (κ2) is 8.08. The van der Waals surface area contributed by atoms with E-state index in [9.17, 15) is 4.79 Å². The average Bonchev–Trinajstić information content (AvgIpc) is 2.92. The molecular formula is C14H27ClN2O2. The van der Waals surface area contributed by atoms with Crippen molar-refractivity contribution in [3.63, 3.8) is 0 Å². The van der Waals surface area contributed by atoms with E-state index in [-0.39, 0.29) is 24.9 Å². The van der Waals surface area contributed by atoms with Crippen LogP contribution in [0, 0.1) is 11.8 Å². The number of nitrogens with two attached hydrogens (primary N) is 1. The number of unbranched alkanes of at least 4 members (excludes halogenated alkanes) is 2. The van der Waals surface area contributed by atoms with Crippen LogP contribution < -0.4 is 5.73 Å². The van der Waals surface area contributed by atoms with E-state index in [1.807, 2.05) is 4.90 Å². The van der Waals surface area contributed by atoms with Gasteiger partial charge < -0.3 is 15.4 Å². The predicted molar refractivity (Wildman–Crippen MR) is 78.4 cm³/mol. The highest BCUT2D eigenvalue weighted by molar-refractivity contribution is 5.85. The highest BCUT2D eigenvalue weighted by Crippen LogP contribution is 2.36. The third-order valence-electron chi connectivity index (χ3n) is 4.38. The van der Waals surface area contributed by atoms with Crippen molar-refractivity contribution in [2.75, 3.05) is 26.3 Å². The third kappa shape index (κ3) is 4.33. The van der Waals surface area contributed by atoms with Crippen molar-refractivity contribution in [2.45, 2.75) is 45.1 Å². The zero-order chi connectivity index (χ0) is 13.0. The van der Waals surface area contributed by atoms with Crippen LogP contribution in [-0.4, -0.2) is 43.2 Å². The molecule has 0 bridgehead atoms. The van der Waals surface area contributed by atoms with Gasteiger partial charge >= 0.3 is 0 Å². The highest BCUT2D eigenvalue weighted by Gasteiger charge is 2.42. The number of hydrogen-bond acceptors (Lipinski definition) is 3. The SMILES string of the molecule is CCCCCOCC(=O)N1CC2CCC(N)C2C1.Cl. The van der Waals surface area contributed by atoms with Crippen molar-refractivity contribution in [1.29, 1.82) is 0 Å². The van der Waals surface area contributed by atoms with Gasteiger partial charge in [-0.25, -0.2) is 0 Å². The van der Waals surface area contributed by atoms with E-state index in [1.165, 1.54) is 19.3 Å². The molecule has 5 heteroatoms. The van der Waals surface area contributed by atoms with Gasteiger partial charge in [-0.1, -0.05) is 19.8 Å². The van der Waals surface area contributed by atoms with Crippen LogP contribution in [0.25, 0.3) is 0 Å². The molecule has 0 aromatic carbocycles. The molecule has 0 spiro atoms. The van der Waals surface area contributed by atoms with Gasteiger partial charge in [0.15, 0.2) is 0 Å². The fourth-order valence-corrected chi connectivity index (χ4v) is 3.22. The zero-order valence-electron chi connectivity index (χ0n) is 11.8. The van der Waals surface area contributed by atoms with E-state index in [2.05, 4.69) is 6.92 Å². The fourth-order valence-electron chi connectivity index (χ4n) is 3.22. The molecule has 112 valence electrons. The monoisotopic (exact) mass is 290 g/mol. The molecule has 2 rings (SSSR count). The van der Waals surface area contributed by atoms with Crippen molar-refractivity contribution < 1.29 is 9.53 Å². The van der Waals surface area contributed by atoms with Crippen molar-refractivity contribution in [1.82, 2.24) is 4.90 Å². The molecule has 1 saturated carbocycles. The van der Waals surface area contributed by atoms with Crippen molar-refractivity contribution in [3.05, 3.63) is 0 Å².